The maximum Gasteiger partial charge on any atom is 0.227 e. The van der Waals surface area contributed by atoms with Gasteiger partial charge < -0.3 is 10.0 Å². The minimum atomic E-state index is -1.05. The van der Waals surface area contributed by atoms with Crippen molar-refractivity contribution >= 4 is 11.6 Å². The van der Waals surface area contributed by atoms with Crippen LogP contribution in [0.15, 0.2) is 36.7 Å². The molecule has 2 aliphatic rings. The van der Waals surface area contributed by atoms with Crippen molar-refractivity contribution in [2.75, 3.05) is 11.4 Å². The minimum absolute atomic E-state index is 0.0212. The molecule has 0 aliphatic carbocycles. The molecular formula is C20H22N2O2. The largest absolute Gasteiger partial charge is 0.380 e. The summed E-state index contributed by atoms with van der Waals surface area (Å²) in [5.41, 5.74) is 4.20. The topological polar surface area (TPSA) is 53.4 Å². The molecule has 1 amide bonds. The molecule has 0 fully saturated rings. The van der Waals surface area contributed by atoms with Gasteiger partial charge in [-0.25, -0.2) is 0 Å². The first-order valence-electron chi connectivity index (χ1n) is 8.61. The van der Waals surface area contributed by atoms with Crippen LogP contribution in [-0.2, 0) is 23.2 Å². The third-order valence-electron chi connectivity index (χ3n) is 5.45. The average molecular weight is 322 g/mol. The second-order valence-electron chi connectivity index (χ2n) is 7.10. The Balaban J connectivity index is 1.89. The van der Waals surface area contributed by atoms with E-state index in [1.807, 2.05) is 30.9 Å². The first kappa shape index (κ1) is 15.3. The van der Waals surface area contributed by atoms with Gasteiger partial charge in [0.05, 0.1) is 5.69 Å². The number of carbonyl (C=O) groups excluding carboxylic acids is 1. The van der Waals surface area contributed by atoms with Crippen molar-refractivity contribution in [3.8, 4) is 0 Å². The maximum atomic E-state index is 12.1. The number of amides is 1. The number of anilines is 1. The first-order chi connectivity index (χ1) is 11.5. The van der Waals surface area contributed by atoms with Gasteiger partial charge in [-0.3, -0.25) is 9.78 Å². The summed E-state index contributed by atoms with van der Waals surface area (Å²) in [5.74, 6) is 0.245. The Morgan fingerprint density at radius 1 is 1.08 bits per heavy atom. The van der Waals surface area contributed by atoms with Crippen molar-refractivity contribution in [1.82, 2.24) is 4.98 Å². The fraction of sp³-hybridized carbons (Fsp3) is 0.400. The fourth-order valence-corrected chi connectivity index (χ4v) is 4.12. The molecule has 4 heteroatoms. The molecule has 4 nitrogen and oxygen atoms in total. The molecule has 0 spiro atoms. The lowest BCUT2D eigenvalue weighted by Crippen LogP contribution is -2.35. The van der Waals surface area contributed by atoms with Crippen molar-refractivity contribution in [1.29, 1.82) is 0 Å². The van der Waals surface area contributed by atoms with Crippen LogP contribution in [0.1, 0.15) is 42.5 Å². The monoisotopic (exact) mass is 322 g/mol. The van der Waals surface area contributed by atoms with Gasteiger partial charge in [0.25, 0.3) is 0 Å². The Morgan fingerprint density at radius 3 is 2.42 bits per heavy atom. The zero-order valence-corrected chi connectivity index (χ0v) is 14.1. The molecule has 1 unspecified atom stereocenters. The molecule has 0 radical (unpaired) electrons. The zero-order valence-electron chi connectivity index (χ0n) is 14.1. The summed E-state index contributed by atoms with van der Waals surface area (Å²) in [6.45, 7) is 4.84. The van der Waals surface area contributed by atoms with E-state index in [1.54, 1.807) is 12.4 Å². The number of nitrogens with zero attached hydrogens (tertiary/aromatic N) is 2. The molecule has 2 aromatic rings. The molecule has 1 N–H and O–H groups in total. The number of pyridine rings is 1. The number of aromatic nitrogens is 1. The molecule has 0 saturated carbocycles. The van der Waals surface area contributed by atoms with E-state index in [1.165, 1.54) is 11.1 Å². The summed E-state index contributed by atoms with van der Waals surface area (Å²) in [6, 6.07) is 7.96. The van der Waals surface area contributed by atoms with Gasteiger partial charge >= 0.3 is 0 Å². The van der Waals surface area contributed by atoms with Crippen LogP contribution in [-0.4, -0.2) is 22.5 Å². The minimum Gasteiger partial charge on any atom is -0.380 e. The molecule has 1 atom stereocenters. The highest BCUT2D eigenvalue weighted by Gasteiger charge is 2.38. The average Bonchev–Trinajstić information content (AvgIpc) is 3.03. The van der Waals surface area contributed by atoms with E-state index in [2.05, 4.69) is 17.1 Å². The lowest BCUT2D eigenvalue weighted by Gasteiger charge is -2.35. The normalized spacial score (nSPS) is 18.7. The third-order valence-corrected chi connectivity index (χ3v) is 5.45. The number of aliphatic hydroxyl groups is 1. The first-order valence-corrected chi connectivity index (χ1v) is 8.61. The summed E-state index contributed by atoms with van der Waals surface area (Å²) >= 11 is 0. The highest BCUT2D eigenvalue weighted by atomic mass is 16.3. The lowest BCUT2D eigenvalue weighted by molar-refractivity contribution is -0.118. The van der Waals surface area contributed by atoms with Gasteiger partial charge in [0.1, 0.15) is 5.60 Å². The van der Waals surface area contributed by atoms with E-state index in [0.717, 1.165) is 36.2 Å². The van der Waals surface area contributed by atoms with Crippen molar-refractivity contribution in [3.05, 3.63) is 58.9 Å². The van der Waals surface area contributed by atoms with Crippen LogP contribution in [0.4, 0.5) is 5.69 Å². The summed E-state index contributed by atoms with van der Waals surface area (Å²) in [5, 5.41) is 11.6. The van der Waals surface area contributed by atoms with E-state index < -0.39 is 5.60 Å². The van der Waals surface area contributed by atoms with Crippen molar-refractivity contribution in [2.24, 2.45) is 5.92 Å². The number of benzene rings is 1. The number of hydrogen-bond donors (Lipinski definition) is 1. The standard InChI is InChI=1S/C20H22N2O2/c1-13(2)20(24,16-5-8-21-9-6-16)17-11-14-3-4-18(23)22-10-7-15(12-17)19(14)22/h5-6,8-9,11-13,24H,3-4,7,10H2,1-2H3. The maximum absolute atomic E-state index is 12.1. The summed E-state index contributed by atoms with van der Waals surface area (Å²) < 4.78 is 0. The third kappa shape index (κ3) is 2.09. The molecule has 0 bridgehead atoms. The summed E-state index contributed by atoms with van der Waals surface area (Å²) in [6.07, 6.45) is 5.63. The predicted molar refractivity (Wildman–Crippen MR) is 92.9 cm³/mol. The molecule has 1 aromatic carbocycles. The van der Waals surface area contributed by atoms with Crippen LogP contribution in [0.3, 0.4) is 0 Å². The highest BCUT2D eigenvalue weighted by molar-refractivity contribution is 5.98. The second kappa shape index (κ2) is 5.42. The molecule has 0 saturated heterocycles. The van der Waals surface area contributed by atoms with Gasteiger partial charge in [0, 0.05) is 25.4 Å². The molecule has 1 aromatic heterocycles. The SMILES string of the molecule is CC(C)C(O)(c1ccncc1)c1cc2c3c(c1)CCN3C(=O)CC2. The summed E-state index contributed by atoms with van der Waals surface area (Å²) in [4.78, 5) is 18.1. The Labute approximate surface area is 142 Å². The van der Waals surface area contributed by atoms with Crippen LogP contribution in [0, 0.1) is 5.92 Å². The second-order valence-corrected chi connectivity index (χ2v) is 7.10. The fourth-order valence-electron chi connectivity index (χ4n) is 4.12. The molecule has 24 heavy (non-hydrogen) atoms. The molecule has 124 valence electrons. The van der Waals surface area contributed by atoms with Gasteiger partial charge in [0.15, 0.2) is 0 Å². The van der Waals surface area contributed by atoms with Crippen LogP contribution in [0.2, 0.25) is 0 Å². The molecule has 3 heterocycles. The molecule has 2 aliphatic heterocycles. The Bertz CT molecular complexity index is 801. The molecule has 4 rings (SSSR count). The quantitative estimate of drug-likeness (QED) is 0.945. The van der Waals surface area contributed by atoms with Crippen LogP contribution in [0.25, 0.3) is 0 Å². The van der Waals surface area contributed by atoms with E-state index >= 15 is 0 Å². The smallest absolute Gasteiger partial charge is 0.227 e. The lowest BCUT2D eigenvalue weighted by atomic mass is 9.76. The Hall–Kier alpha value is -2.20. The van der Waals surface area contributed by atoms with Crippen LogP contribution < -0.4 is 4.90 Å². The van der Waals surface area contributed by atoms with E-state index in [9.17, 15) is 9.90 Å². The summed E-state index contributed by atoms with van der Waals surface area (Å²) in [7, 11) is 0. The van der Waals surface area contributed by atoms with Gasteiger partial charge in [-0.05, 0) is 53.1 Å². The number of rotatable bonds is 3. The number of carbonyl (C=O) groups is 1. The van der Waals surface area contributed by atoms with Crippen LogP contribution >= 0.6 is 0 Å². The van der Waals surface area contributed by atoms with E-state index in [0.29, 0.717) is 6.42 Å². The number of aryl methyl sites for hydroxylation is 1. The zero-order chi connectivity index (χ0) is 16.9. The van der Waals surface area contributed by atoms with Crippen molar-refractivity contribution in [2.45, 2.75) is 38.7 Å². The van der Waals surface area contributed by atoms with E-state index in [-0.39, 0.29) is 11.8 Å². The van der Waals surface area contributed by atoms with E-state index in [4.69, 9.17) is 0 Å². The van der Waals surface area contributed by atoms with Gasteiger partial charge in [-0.15, -0.1) is 0 Å². The highest BCUT2D eigenvalue weighted by Crippen LogP contribution is 2.43. The Morgan fingerprint density at radius 2 is 1.75 bits per heavy atom. The predicted octanol–water partition coefficient (Wildman–Crippen LogP) is 2.81. The van der Waals surface area contributed by atoms with Gasteiger partial charge in [-0.1, -0.05) is 26.0 Å². The van der Waals surface area contributed by atoms with Crippen molar-refractivity contribution < 1.29 is 9.90 Å². The van der Waals surface area contributed by atoms with Gasteiger partial charge in [0.2, 0.25) is 5.91 Å². The van der Waals surface area contributed by atoms with Crippen molar-refractivity contribution in [3.63, 3.8) is 0 Å². The molecular weight excluding hydrogens is 300 g/mol. The Kier molecular flexibility index (Phi) is 3.46. The van der Waals surface area contributed by atoms with Crippen LogP contribution in [0.5, 0.6) is 0 Å². The van der Waals surface area contributed by atoms with Gasteiger partial charge in [-0.2, -0.15) is 0 Å². The number of hydrogen-bond acceptors (Lipinski definition) is 3.